The van der Waals surface area contributed by atoms with Crippen LogP contribution in [0.15, 0.2) is 76.3 Å². The molecule has 0 fully saturated rings. The molecule has 0 spiro atoms. The number of carbonyl (C=O) groups excluding carboxylic acids is 4. The van der Waals surface area contributed by atoms with Crippen molar-refractivity contribution >= 4 is 163 Å². The fourth-order valence-corrected chi connectivity index (χ4v) is 14.7. The zero-order valence-corrected chi connectivity index (χ0v) is 48.1. The van der Waals surface area contributed by atoms with Gasteiger partial charge in [-0.25, -0.2) is 0 Å². The van der Waals surface area contributed by atoms with Crippen LogP contribution in [-0.4, -0.2) is 108 Å². The van der Waals surface area contributed by atoms with E-state index in [4.69, 9.17) is 46.4 Å². The SMILES string of the molecule is CC(C)CN(CC(C)C)C(=O)CC(=O)c1nn(-c2ccc(Cl)cc2Cl)c(-c2ccc(Br)[se]2)c1Br.CCN(CC)C(=O)CC(=O)c1nn(-c2ccc(Cl)cc2Cl)c(-c2ccc(Br)[se]2)c1Br. The van der Waals surface area contributed by atoms with E-state index < -0.39 is 0 Å². The van der Waals surface area contributed by atoms with Crippen LogP contribution in [-0.2, 0) is 9.59 Å². The molecule has 10 nitrogen and oxygen atoms in total. The van der Waals surface area contributed by atoms with E-state index in [0.29, 0.717) is 78.4 Å². The van der Waals surface area contributed by atoms with Gasteiger partial charge in [0.25, 0.3) is 0 Å². The van der Waals surface area contributed by atoms with Gasteiger partial charge in [-0.1, -0.05) is 0 Å². The average molecular weight is 1340 g/mol. The zero-order chi connectivity index (χ0) is 47.2. The summed E-state index contributed by atoms with van der Waals surface area (Å²) >= 11 is 39.4. The summed E-state index contributed by atoms with van der Waals surface area (Å²) < 4.78 is 8.62. The van der Waals surface area contributed by atoms with Crippen LogP contribution in [0.3, 0.4) is 0 Å². The van der Waals surface area contributed by atoms with Crippen molar-refractivity contribution in [3.8, 4) is 31.6 Å². The van der Waals surface area contributed by atoms with Crippen LogP contribution in [0.5, 0.6) is 0 Å². The van der Waals surface area contributed by atoms with Crippen LogP contribution in [0.1, 0.15) is 75.4 Å². The number of hydrogen-bond acceptors (Lipinski definition) is 6. The van der Waals surface area contributed by atoms with Crippen LogP contribution in [0.4, 0.5) is 0 Å². The van der Waals surface area contributed by atoms with Gasteiger partial charge in [0, 0.05) is 0 Å². The molecule has 0 aliphatic heterocycles. The number of amides is 2. The first-order chi connectivity index (χ1) is 30.2. The fraction of sp³-hybridized carbons (Fsp3) is 0.318. The Bertz CT molecular complexity index is 2670. The predicted octanol–water partition coefficient (Wildman–Crippen LogP) is 13.0. The quantitative estimate of drug-likeness (QED) is 0.0542. The number of hydrogen-bond donors (Lipinski definition) is 0. The molecule has 0 N–H and O–H groups in total. The zero-order valence-electron chi connectivity index (χ0n) is 35.3. The van der Waals surface area contributed by atoms with Crippen LogP contribution in [0.25, 0.3) is 31.6 Å². The minimum absolute atomic E-state index is 0.0146. The van der Waals surface area contributed by atoms with Gasteiger partial charge in [-0.15, -0.1) is 0 Å². The molecule has 2 aromatic carbocycles. The van der Waals surface area contributed by atoms with Crippen LogP contribution in [0, 0.1) is 11.8 Å². The van der Waals surface area contributed by atoms with Crippen LogP contribution in [0.2, 0.25) is 20.1 Å². The van der Waals surface area contributed by atoms with Gasteiger partial charge in [0.2, 0.25) is 0 Å². The van der Waals surface area contributed by atoms with E-state index in [1.165, 1.54) is 0 Å². The van der Waals surface area contributed by atoms with Crippen LogP contribution >= 0.6 is 110 Å². The molecule has 4 aromatic heterocycles. The van der Waals surface area contributed by atoms with Gasteiger partial charge < -0.3 is 0 Å². The molecule has 20 heteroatoms. The first-order valence-corrected chi connectivity index (χ1v) is 28.0. The molecule has 0 aliphatic rings. The molecule has 0 atom stereocenters. The summed E-state index contributed by atoms with van der Waals surface area (Å²) in [4.78, 5) is 55.2. The molecule has 0 saturated heterocycles. The Morgan fingerprint density at radius 3 is 1.28 bits per heavy atom. The Kier molecular flexibility index (Phi) is 19.9. The van der Waals surface area contributed by atoms with Gasteiger partial charge in [-0.3, -0.25) is 0 Å². The Hall–Kier alpha value is -1.78. The van der Waals surface area contributed by atoms with E-state index in [0.717, 1.165) is 27.0 Å². The molecule has 340 valence electrons. The number of rotatable bonds is 16. The predicted molar refractivity (Wildman–Crippen MR) is 275 cm³/mol. The van der Waals surface area contributed by atoms with Gasteiger partial charge in [0.1, 0.15) is 0 Å². The first kappa shape index (κ1) is 53.2. The number of carbonyl (C=O) groups is 4. The Labute approximate surface area is 438 Å². The maximum absolute atomic E-state index is 13.3. The van der Waals surface area contributed by atoms with Crippen molar-refractivity contribution < 1.29 is 19.2 Å². The number of nitrogens with zero attached hydrogens (tertiary/aromatic N) is 6. The van der Waals surface area contributed by atoms with Gasteiger partial charge in [0.15, 0.2) is 0 Å². The number of ketones is 2. The van der Waals surface area contributed by atoms with Crippen molar-refractivity contribution in [2.45, 2.75) is 54.4 Å². The van der Waals surface area contributed by atoms with Gasteiger partial charge in [-0.05, 0) is 0 Å². The summed E-state index contributed by atoms with van der Waals surface area (Å²) in [5, 5.41) is 11.0. The molecule has 0 bridgehead atoms. The van der Waals surface area contributed by atoms with E-state index in [1.54, 1.807) is 55.6 Å². The summed E-state index contributed by atoms with van der Waals surface area (Å²) in [5.74, 6) is -0.464. The van der Waals surface area contributed by atoms with Gasteiger partial charge in [0.05, 0.1) is 0 Å². The molecule has 2 amide bonds. The molecular weight excluding hydrogens is 1300 g/mol. The van der Waals surface area contributed by atoms with Crippen molar-refractivity contribution in [2.24, 2.45) is 11.8 Å². The average Bonchev–Trinajstić information content (AvgIpc) is 4.00. The molecular formula is C44H42Br4Cl4N6O4Se2. The third kappa shape index (κ3) is 13.3. The second-order valence-electron chi connectivity index (χ2n) is 15.1. The molecule has 4 heterocycles. The molecule has 6 rings (SSSR count). The minimum atomic E-state index is -0.345. The van der Waals surface area contributed by atoms with E-state index in [-0.39, 0.29) is 76.6 Å². The molecule has 0 saturated carbocycles. The third-order valence-corrected chi connectivity index (χ3v) is 17.8. The third-order valence-electron chi connectivity index (χ3n) is 9.34. The maximum atomic E-state index is 13.3. The number of Topliss-reactive ketones (excluding diaryl/α,β-unsaturated/α-hetero) is 2. The van der Waals surface area contributed by atoms with Crippen molar-refractivity contribution in [2.75, 3.05) is 26.2 Å². The molecule has 64 heavy (non-hydrogen) atoms. The van der Waals surface area contributed by atoms with E-state index in [1.807, 2.05) is 38.1 Å². The Morgan fingerprint density at radius 1 is 0.594 bits per heavy atom. The van der Waals surface area contributed by atoms with E-state index in [9.17, 15) is 19.2 Å². The van der Waals surface area contributed by atoms with E-state index >= 15 is 0 Å². The summed E-state index contributed by atoms with van der Waals surface area (Å²) in [5.41, 5.74) is 3.11. The summed E-state index contributed by atoms with van der Waals surface area (Å²) in [6.07, 6.45) is -0.480. The standard InChI is InChI=1S/C24H25Br2Cl2N3O2Se.C20H17Br2Cl2N3O2Se/c1-13(2)11-30(12-14(3)4)21(33)10-18(32)23-22(26)24(19-7-8-20(25)34-19)31(29-23)17-6-5-15(27)9-16(17)28;1-3-26(4-2)17(29)10-14(28)19-18(22)20(15-7-8-16(21)30-15)27(25-19)13-6-5-11(23)9-12(13)24/h5-9,13-14H,10-12H2,1-4H3;5-9H,3-4,10H2,1-2H3. The summed E-state index contributed by atoms with van der Waals surface area (Å²) in [6.45, 7) is 14.3. The summed E-state index contributed by atoms with van der Waals surface area (Å²) in [7, 11) is 0. The molecule has 0 radical (unpaired) electrons. The Morgan fingerprint density at radius 2 is 0.969 bits per heavy atom. The monoisotopic (exact) mass is 1330 g/mol. The van der Waals surface area contributed by atoms with Crippen molar-refractivity contribution in [1.29, 1.82) is 0 Å². The van der Waals surface area contributed by atoms with Crippen molar-refractivity contribution in [1.82, 2.24) is 29.4 Å². The first-order valence-electron chi connectivity index (χ1n) is 19.9. The van der Waals surface area contributed by atoms with Crippen LogP contribution < -0.4 is 0 Å². The van der Waals surface area contributed by atoms with Gasteiger partial charge in [-0.2, -0.15) is 0 Å². The van der Waals surface area contributed by atoms with E-state index in [2.05, 4.69) is 102 Å². The normalized spacial score (nSPS) is 11.2. The molecule has 0 aliphatic carbocycles. The Balaban J connectivity index is 0.000000243. The van der Waals surface area contributed by atoms with Crippen molar-refractivity contribution in [3.63, 3.8) is 0 Å². The number of halogens is 8. The van der Waals surface area contributed by atoms with Crippen molar-refractivity contribution in [3.05, 3.63) is 108 Å². The fourth-order valence-electron chi connectivity index (χ4n) is 6.52. The second-order valence-corrected chi connectivity index (χ2v) is 27.0. The number of aromatic nitrogens is 4. The topological polar surface area (TPSA) is 110 Å². The molecule has 6 aromatic rings. The summed E-state index contributed by atoms with van der Waals surface area (Å²) in [6, 6.07) is 18.2. The molecule has 0 unspecified atom stereocenters. The second kappa shape index (κ2) is 24.0. The van der Waals surface area contributed by atoms with Gasteiger partial charge >= 0.3 is 443 Å². The number of benzene rings is 2.